The molecule has 0 spiro atoms. The van der Waals surface area contributed by atoms with Crippen molar-refractivity contribution in [3.63, 3.8) is 0 Å². The van der Waals surface area contributed by atoms with Crippen LogP contribution in [0.5, 0.6) is 0 Å². The number of benzene rings is 1. The first kappa shape index (κ1) is 24.3. The van der Waals surface area contributed by atoms with Crippen molar-refractivity contribution in [1.82, 2.24) is 4.90 Å². The number of carboxylic acids is 1. The van der Waals surface area contributed by atoms with Crippen molar-refractivity contribution in [1.29, 1.82) is 0 Å². The third-order valence-corrected chi connectivity index (χ3v) is 6.49. The van der Waals surface area contributed by atoms with Crippen molar-refractivity contribution < 1.29 is 19.7 Å². The summed E-state index contributed by atoms with van der Waals surface area (Å²) in [5.74, 6) is -0.565. The molecule has 2 fully saturated rings. The second kappa shape index (κ2) is 12.6. The van der Waals surface area contributed by atoms with E-state index in [0.29, 0.717) is 25.1 Å². The number of ether oxygens (including phenoxy) is 1. The van der Waals surface area contributed by atoms with Gasteiger partial charge in [0.05, 0.1) is 18.8 Å². The first-order valence-corrected chi connectivity index (χ1v) is 11.6. The Bertz CT molecular complexity index is 801. The number of azide groups is 1. The third-order valence-electron chi connectivity index (χ3n) is 6.49. The van der Waals surface area contributed by atoms with Gasteiger partial charge in [0.2, 0.25) is 0 Å². The van der Waals surface area contributed by atoms with Gasteiger partial charge in [-0.25, -0.2) is 0 Å². The number of allylic oxidation sites excluding steroid dienone is 2. The van der Waals surface area contributed by atoms with Gasteiger partial charge < -0.3 is 14.9 Å². The summed E-state index contributed by atoms with van der Waals surface area (Å²) in [6.07, 6.45) is 10.3. The maximum atomic E-state index is 10.9. The van der Waals surface area contributed by atoms with Crippen LogP contribution in [-0.2, 0) is 16.1 Å². The highest BCUT2D eigenvalue weighted by Crippen LogP contribution is 2.37. The maximum Gasteiger partial charge on any atom is 0.303 e. The van der Waals surface area contributed by atoms with Gasteiger partial charge in [0.15, 0.2) is 0 Å². The Balaban J connectivity index is 1.62. The standard InChI is InChI=1S/C24H34N4O4/c25-27-26-19-12-10-18(11-13-19)17-32-22-16-21(29)24(28-14-6-3-7-15-28)20(22)8-4-1-2-5-9-23(30)31/h1,4,10-13,20-22,24,29H,2-3,5-9,14-17H2,(H,30,31)/t20-,21+,22-,24+/m0/s1. The first-order chi connectivity index (χ1) is 15.6. The highest BCUT2D eigenvalue weighted by Gasteiger charge is 2.45. The Labute approximate surface area is 189 Å². The van der Waals surface area contributed by atoms with Crippen molar-refractivity contribution in [3.8, 4) is 0 Å². The lowest BCUT2D eigenvalue weighted by Gasteiger charge is -2.37. The van der Waals surface area contributed by atoms with E-state index >= 15 is 0 Å². The molecule has 1 aliphatic carbocycles. The number of piperidine rings is 1. The van der Waals surface area contributed by atoms with Crippen LogP contribution in [0.25, 0.3) is 10.4 Å². The zero-order chi connectivity index (χ0) is 22.8. The number of aliphatic carboxylic acids is 1. The molecular weight excluding hydrogens is 408 g/mol. The molecule has 2 aliphatic rings. The van der Waals surface area contributed by atoms with Crippen molar-refractivity contribution in [2.24, 2.45) is 11.0 Å². The van der Waals surface area contributed by atoms with Crippen molar-refractivity contribution in [2.75, 3.05) is 13.1 Å². The van der Waals surface area contributed by atoms with E-state index in [1.165, 1.54) is 19.3 Å². The molecule has 1 saturated heterocycles. The second-order valence-electron chi connectivity index (χ2n) is 8.75. The smallest absolute Gasteiger partial charge is 0.303 e. The molecule has 1 aromatic carbocycles. The number of likely N-dealkylation sites (tertiary alicyclic amines) is 1. The van der Waals surface area contributed by atoms with E-state index in [1.54, 1.807) is 12.1 Å². The van der Waals surface area contributed by atoms with Gasteiger partial charge in [-0.1, -0.05) is 48.0 Å². The Morgan fingerprint density at radius 1 is 1.22 bits per heavy atom. The van der Waals surface area contributed by atoms with Crippen molar-refractivity contribution in [3.05, 3.63) is 52.4 Å². The lowest BCUT2D eigenvalue weighted by molar-refractivity contribution is -0.137. The number of aliphatic hydroxyl groups is 1. The molecule has 1 aliphatic heterocycles. The molecule has 2 N–H and O–H groups in total. The minimum absolute atomic E-state index is 0.0441. The molecular formula is C24H34N4O4. The van der Waals surface area contributed by atoms with E-state index in [4.69, 9.17) is 15.4 Å². The lowest BCUT2D eigenvalue weighted by atomic mass is 9.93. The quantitative estimate of drug-likeness (QED) is 0.165. The second-order valence-corrected chi connectivity index (χ2v) is 8.75. The minimum Gasteiger partial charge on any atom is -0.481 e. The maximum absolute atomic E-state index is 10.9. The summed E-state index contributed by atoms with van der Waals surface area (Å²) in [4.78, 5) is 15.9. The lowest BCUT2D eigenvalue weighted by Crippen LogP contribution is -2.47. The summed E-state index contributed by atoms with van der Waals surface area (Å²) in [6.45, 7) is 2.49. The molecule has 1 aromatic rings. The number of hydrogen-bond acceptors (Lipinski definition) is 5. The predicted molar refractivity (Wildman–Crippen MR) is 122 cm³/mol. The molecule has 3 rings (SSSR count). The van der Waals surface area contributed by atoms with Gasteiger partial charge >= 0.3 is 5.97 Å². The highest BCUT2D eigenvalue weighted by molar-refractivity contribution is 5.66. The molecule has 0 bridgehead atoms. The molecule has 32 heavy (non-hydrogen) atoms. The molecule has 0 aromatic heterocycles. The summed E-state index contributed by atoms with van der Waals surface area (Å²) in [5, 5.41) is 23.3. The third kappa shape index (κ3) is 7.07. The van der Waals surface area contributed by atoms with Gasteiger partial charge in [0.25, 0.3) is 0 Å². The fourth-order valence-electron chi connectivity index (χ4n) is 4.93. The summed E-state index contributed by atoms with van der Waals surface area (Å²) in [5.41, 5.74) is 10.1. The van der Waals surface area contributed by atoms with Crippen LogP contribution in [-0.4, -0.2) is 52.4 Å². The highest BCUT2D eigenvalue weighted by atomic mass is 16.5. The van der Waals surface area contributed by atoms with Crippen LogP contribution in [0, 0.1) is 5.92 Å². The largest absolute Gasteiger partial charge is 0.481 e. The van der Waals surface area contributed by atoms with Crippen molar-refractivity contribution in [2.45, 2.75) is 76.2 Å². The summed E-state index contributed by atoms with van der Waals surface area (Å²) in [7, 11) is 0. The number of aliphatic hydroxyl groups excluding tert-OH is 1. The Morgan fingerprint density at radius 3 is 2.66 bits per heavy atom. The van der Waals surface area contributed by atoms with Crippen LogP contribution >= 0.6 is 0 Å². The Kier molecular flexibility index (Phi) is 9.56. The monoisotopic (exact) mass is 442 g/mol. The van der Waals surface area contributed by atoms with E-state index in [1.807, 2.05) is 12.1 Å². The molecule has 0 unspecified atom stereocenters. The predicted octanol–water partition coefficient (Wildman–Crippen LogP) is 4.95. The van der Waals surface area contributed by atoms with Gasteiger partial charge in [0, 0.05) is 35.4 Å². The van der Waals surface area contributed by atoms with Gasteiger partial charge in [-0.2, -0.15) is 0 Å². The number of nitrogens with zero attached hydrogens (tertiary/aromatic N) is 4. The number of rotatable bonds is 11. The number of hydrogen-bond donors (Lipinski definition) is 2. The van der Waals surface area contributed by atoms with Gasteiger partial charge in [-0.3, -0.25) is 9.69 Å². The zero-order valence-corrected chi connectivity index (χ0v) is 18.6. The number of carbonyl (C=O) groups is 1. The fourth-order valence-corrected chi connectivity index (χ4v) is 4.93. The van der Waals surface area contributed by atoms with Gasteiger partial charge in [-0.05, 0) is 56.3 Å². The van der Waals surface area contributed by atoms with Crippen LogP contribution in [0.4, 0.5) is 5.69 Å². The van der Waals surface area contributed by atoms with Crippen LogP contribution in [0.15, 0.2) is 41.5 Å². The van der Waals surface area contributed by atoms with Crippen LogP contribution in [0.1, 0.15) is 56.9 Å². The molecule has 0 amide bonds. The van der Waals surface area contributed by atoms with Crippen LogP contribution in [0.2, 0.25) is 0 Å². The Hall–Kier alpha value is -2.38. The normalized spacial score (nSPS) is 26.3. The first-order valence-electron chi connectivity index (χ1n) is 11.6. The molecule has 4 atom stereocenters. The van der Waals surface area contributed by atoms with Gasteiger partial charge in [-0.15, -0.1) is 0 Å². The van der Waals surface area contributed by atoms with E-state index in [0.717, 1.165) is 31.5 Å². The summed E-state index contributed by atoms with van der Waals surface area (Å²) < 4.78 is 6.30. The molecule has 8 heteroatoms. The summed E-state index contributed by atoms with van der Waals surface area (Å²) >= 11 is 0. The molecule has 174 valence electrons. The SMILES string of the molecule is [N-]=[N+]=Nc1ccc(CO[C@H]2C[C@@H](O)[C@H](N3CCCCC3)[C@H]2CC=CCCCC(=O)O)cc1. The fraction of sp³-hybridized carbons (Fsp3) is 0.625. The van der Waals surface area contributed by atoms with E-state index in [9.17, 15) is 9.90 Å². The number of carboxylic acid groups (broad SMARTS) is 1. The minimum atomic E-state index is -0.761. The van der Waals surface area contributed by atoms with Crippen molar-refractivity contribution >= 4 is 11.7 Å². The Morgan fingerprint density at radius 2 is 1.97 bits per heavy atom. The average molecular weight is 443 g/mol. The van der Waals surface area contributed by atoms with E-state index < -0.39 is 12.1 Å². The van der Waals surface area contributed by atoms with E-state index in [-0.39, 0.29) is 24.5 Å². The van der Waals surface area contributed by atoms with Gasteiger partial charge in [0.1, 0.15) is 0 Å². The van der Waals surface area contributed by atoms with E-state index in [2.05, 4.69) is 27.1 Å². The molecule has 0 radical (unpaired) electrons. The summed E-state index contributed by atoms with van der Waals surface area (Å²) in [6, 6.07) is 7.44. The topological polar surface area (TPSA) is 119 Å². The molecule has 1 heterocycles. The number of unbranched alkanes of at least 4 members (excludes halogenated alkanes) is 1. The molecule has 8 nitrogen and oxygen atoms in total. The average Bonchev–Trinajstić information content (AvgIpc) is 3.11. The molecule has 1 saturated carbocycles. The van der Waals surface area contributed by atoms with Crippen LogP contribution in [0.3, 0.4) is 0 Å². The zero-order valence-electron chi connectivity index (χ0n) is 18.6. The van der Waals surface area contributed by atoms with Crippen LogP contribution < -0.4 is 0 Å².